The van der Waals surface area contributed by atoms with Gasteiger partial charge in [0.1, 0.15) is 0 Å². The van der Waals surface area contributed by atoms with Crippen LogP contribution in [-0.4, -0.2) is 0 Å². The summed E-state index contributed by atoms with van der Waals surface area (Å²) in [6, 6.07) is 34.7. The predicted octanol–water partition coefficient (Wildman–Crippen LogP) is 9.23. The average molecular weight is 463 g/mol. The molecule has 0 atom stereocenters. The maximum absolute atomic E-state index is 9.28. The predicted molar refractivity (Wildman–Crippen MR) is 140 cm³/mol. The quantitative estimate of drug-likeness (QED) is 0.245. The van der Waals surface area contributed by atoms with Gasteiger partial charge in [-0.1, -0.05) is 77.8 Å². The van der Waals surface area contributed by atoms with Gasteiger partial charge in [-0.15, -0.1) is 0 Å². The molecule has 6 rings (SSSR count). The lowest BCUT2D eigenvalue weighted by atomic mass is 9.93. The van der Waals surface area contributed by atoms with Gasteiger partial charge in [0.25, 0.3) is 0 Å². The van der Waals surface area contributed by atoms with Gasteiger partial charge in [-0.05, 0) is 69.4 Å². The summed E-state index contributed by atoms with van der Waals surface area (Å²) in [6.07, 6.45) is 0. The summed E-state index contributed by atoms with van der Waals surface area (Å²) in [5.74, 6) is 0. The van der Waals surface area contributed by atoms with E-state index in [1.54, 1.807) is 6.07 Å². The largest absolute Gasteiger partial charge is 0.308 e. The maximum Gasteiger partial charge on any atom is 0.0991 e. The summed E-state index contributed by atoms with van der Waals surface area (Å²) < 4.78 is 0. The van der Waals surface area contributed by atoms with Crippen LogP contribution in [0.15, 0.2) is 97.1 Å². The van der Waals surface area contributed by atoms with Crippen molar-refractivity contribution in [2.45, 2.75) is 0 Å². The molecule has 0 aliphatic heterocycles. The summed E-state index contributed by atoms with van der Waals surface area (Å²) in [5, 5.41) is 17.5. The molecule has 33 heavy (non-hydrogen) atoms. The van der Waals surface area contributed by atoms with E-state index in [0.717, 1.165) is 22.4 Å². The fourth-order valence-electron chi connectivity index (χ4n) is 4.67. The molecule has 0 saturated heterocycles. The van der Waals surface area contributed by atoms with Gasteiger partial charge in [0, 0.05) is 11.1 Å². The van der Waals surface area contributed by atoms with Gasteiger partial charge in [0.15, 0.2) is 0 Å². The number of nitrogens with zero attached hydrogens (tertiary/aromatic N) is 2. The normalized spacial score (nSPS) is 11.3. The van der Waals surface area contributed by atoms with Crippen molar-refractivity contribution >= 4 is 72.6 Å². The first-order valence-corrected chi connectivity index (χ1v) is 11.3. The zero-order valence-electron chi connectivity index (χ0n) is 17.4. The standard InChI is InChI=1S/C29H16Cl2N2/c30-24-5-2-6-26(29(24)31)33(22-13-7-18(17-32)8-14-22)25-16-12-21-10-9-19-3-1-4-20-11-15-23(25)28(21)27(19)20/h1-16H. The molecule has 0 unspecified atom stereocenters. The van der Waals surface area contributed by atoms with Crippen LogP contribution in [0.25, 0.3) is 32.3 Å². The van der Waals surface area contributed by atoms with E-state index in [4.69, 9.17) is 23.2 Å². The van der Waals surface area contributed by atoms with E-state index in [2.05, 4.69) is 65.6 Å². The molecule has 0 N–H and O–H groups in total. The Morgan fingerprint density at radius 1 is 0.606 bits per heavy atom. The summed E-state index contributed by atoms with van der Waals surface area (Å²) in [7, 11) is 0. The zero-order chi connectivity index (χ0) is 22.5. The molecule has 2 nitrogen and oxygen atoms in total. The molecule has 0 heterocycles. The lowest BCUT2D eigenvalue weighted by Crippen LogP contribution is -2.11. The highest BCUT2D eigenvalue weighted by Crippen LogP contribution is 2.46. The SMILES string of the molecule is N#Cc1ccc(N(c2cccc(Cl)c2Cl)c2ccc3ccc4cccc5ccc2c3c45)cc1. The molecule has 0 saturated carbocycles. The maximum atomic E-state index is 9.28. The number of hydrogen-bond donors (Lipinski definition) is 0. The highest BCUT2D eigenvalue weighted by Gasteiger charge is 2.20. The van der Waals surface area contributed by atoms with Crippen LogP contribution in [0.2, 0.25) is 10.0 Å². The minimum atomic E-state index is 0.481. The molecule has 6 aromatic rings. The van der Waals surface area contributed by atoms with Crippen molar-refractivity contribution < 1.29 is 0 Å². The Labute approximate surface area is 201 Å². The van der Waals surface area contributed by atoms with E-state index < -0.39 is 0 Å². The van der Waals surface area contributed by atoms with Crippen molar-refractivity contribution in [3.8, 4) is 6.07 Å². The van der Waals surface area contributed by atoms with E-state index in [9.17, 15) is 5.26 Å². The highest BCUT2D eigenvalue weighted by molar-refractivity contribution is 6.44. The molecule has 6 aromatic carbocycles. The number of nitriles is 1. The summed E-state index contributed by atoms with van der Waals surface area (Å²) in [5.41, 5.74) is 3.28. The number of benzene rings is 6. The Hall–Kier alpha value is -3.77. The van der Waals surface area contributed by atoms with Crippen molar-refractivity contribution in [1.29, 1.82) is 5.26 Å². The Morgan fingerprint density at radius 3 is 1.97 bits per heavy atom. The van der Waals surface area contributed by atoms with Crippen LogP contribution < -0.4 is 4.90 Å². The molecule has 156 valence electrons. The molecule has 4 heteroatoms. The van der Waals surface area contributed by atoms with Crippen molar-refractivity contribution in [3.63, 3.8) is 0 Å². The van der Waals surface area contributed by atoms with Crippen LogP contribution in [0.4, 0.5) is 17.1 Å². The summed E-state index contributed by atoms with van der Waals surface area (Å²) in [4.78, 5) is 2.11. The molecule has 0 fully saturated rings. The van der Waals surface area contributed by atoms with Gasteiger partial charge in [0.05, 0.1) is 33.1 Å². The molecule has 0 aromatic heterocycles. The van der Waals surface area contributed by atoms with Gasteiger partial charge in [-0.2, -0.15) is 5.26 Å². The smallest absolute Gasteiger partial charge is 0.0991 e. The lowest BCUT2D eigenvalue weighted by Gasteiger charge is -2.28. The third kappa shape index (κ3) is 3.09. The van der Waals surface area contributed by atoms with Crippen LogP contribution in [-0.2, 0) is 0 Å². The average Bonchev–Trinajstić information content (AvgIpc) is 2.86. The van der Waals surface area contributed by atoms with E-state index in [-0.39, 0.29) is 0 Å². The number of rotatable bonds is 3. The Balaban J connectivity index is 1.71. The Kier molecular flexibility index (Phi) is 4.62. The second kappa shape index (κ2) is 7.67. The van der Waals surface area contributed by atoms with Gasteiger partial charge in [-0.25, -0.2) is 0 Å². The molecular formula is C29H16Cl2N2. The minimum Gasteiger partial charge on any atom is -0.308 e. The van der Waals surface area contributed by atoms with Crippen molar-refractivity contribution in [2.24, 2.45) is 0 Å². The molecule has 0 bridgehead atoms. The van der Waals surface area contributed by atoms with Crippen LogP contribution in [0.5, 0.6) is 0 Å². The van der Waals surface area contributed by atoms with Crippen molar-refractivity contribution in [2.75, 3.05) is 4.90 Å². The van der Waals surface area contributed by atoms with Gasteiger partial charge >= 0.3 is 0 Å². The van der Waals surface area contributed by atoms with Gasteiger partial charge in [0.2, 0.25) is 0 Å². The van der Waals surface area contributed by atoms with Crippen molar-refractivity contribution in [3.05, 3.63) is 113 Å². The first kappa shape index (κ1) is 19.9. The highest BCUT2D eigenvalue weighted by atomic mass is 35.5. The summed E-state index contributed by atoms with van der Waals surface area (Å²) >= 11 is 13.1. The first-order chi connectivity index (χ1) is 16.2. The third-order valence-corrected chi connectivity index (χ3v) is 6.98. The van der Waals surface area contributed by atoms with Crippen molar-refractivity contribution in [1.82, 2.24) is 0 Å². The number of hydrogen-bond acceptors (Lipinski definition) is 2. The van der Waals surface area contributed by atoms with E-state index in [1.807, 2.05) is 36.4 Å². The van der Waals surface area contributed by atoms with Crippen LogP contribution >= 0.6 is 23.2 Å². The molecule has 0 aliphatic carbocycles. The third-order valence-electron chi connectivity index (χ3n) is 6.17. The zero-order valence-corrected chi connectivity index (χ0v) is 18.9. The Morgan fingerprint density at radius 2 is 1.24 bits per heavy atom. The van der Waals surface area contributed by atoms with Crippen LogP contribution in [0.3, 0.4) is 0 Å². The number of anilines is 3. The van der Waals surface area contributed by atoms with Gasteiger partial charge < -0.3 is 4.90 Å². The topological polar surface area (TPSA) is 27.0 Å². The minimum absolute atomic E-state index is 0.481. The van der Waals surface area contributed by atoms with E-state index in [1.165, 1.54) is 26.9 Å². The fourth-order valence-corrected chi connectivity index (χ4v) is 5.05. The first-order valence-electron chi connectivity index (χ1n) is 10.6. The molecule has 0 aliphatic rings. The lowest BCUT2D eigenvalue weighted by molar-refractivity contribution is 1.30. The van der Waals surface area contributed by atoms with Gasteiger partial charge in [-0.3, -0.25) is 0 Å². The number of halogens is 2. The second-order valence-corrected chi connectivity index (χ2v) is 8.79. The van der Waals surface area contributed by atoms with Crippen LogP contribution in [0.1, 0.15) is 5.56 Å². The second-order valence-electron chi connectivity index (χ2n) is 8.01. The van der Waals surface area contributed by atoms with Crippen LogP contribution in [0, 0.1) is 11.3 Å². The molecule has 0 amide bonds. The fraction of sp³-hybridized carbons (Fsp3) is 0. The van der Waals surface area contributed by atoms with E-state index >= 15 is 0 Å². The molecular weight excluding hydrogens is 447 g/mol. The molecule has 0 spiro atoms. The van der Waals surface area contributed by atoms with E-state index in [0.29, 0.717) is 15.6 Å². The summed E-state index contributed by atoms with van der Waals surface area (Å²) in [6.45, 7) is 0. The Bertz CT molecular complexity index is 1680. The monoisotopic (exact) mass is 462 g/mol. The molecule has 0 radical (unpaired) electrons.